The van der Waals surface area contributed by atoms with Crippen molar-refractivity contribution in [3.63, 3.8) is 0 Å². The van der Waals surface area contributed by atoms with Gasteiger partial charge < -0.3 is 5.32 Å². The molecule has 0 radical (unpaired) electrons. The Bertz CT molecular complexity index is 1710. The van der Waals surface area contributed by atoms with Crippen LogP contribution < -0.4 is 15.5 Å². The number of hydrogen-bond acceptors (Lipinski definition) is 9. The van der Waals surface area contributed by atoms with E-state index >= 15 is 0 Å². The number of anilines is 3. The van der Waals surface area contributed by atoms with Crippen LogP contribution >= 0.6 is 0 Å². The molecule has 8 rings (SSSR count). The van der Waals surface area contributed by atoms with Gasteiger partial charge in [0.15, 0.2) is 5.82 Å². The molecule has 4 aromatic heterocycles. The molecule has 5 atom stereocenters. The standard InChI is InChI=1S/C29H30N10O2/c1-14-5-6-30-26(32-14)21-11-22(21)27(40)35-29-34-24(12-31-36-29)33-15(2)23-10-19-7-17(16-3-4-16)9-25(39(19)37-23)38-13-18-8-20(18)28(38)41/h5-7,9-10,12,15-16,18,20-22H,3-4,8,11,13H2,1-2H3,(H2,33,34,35,36,40)/t15-,18?,20?,21-,22-/m0/s1. The minimum atomic E-state index is -0.211. The van der Waals surface area contributed by atoms with Crippen LogP contribution in [0.2, 0.25) is 0 Å². The highest BCUT2D eigenvalue weighted by Gasteiger charge is 2.53. The molecular weight excluding hydrogens is 520 g/mol. The van der Waals surface area contributed by atoms with Crippen LogP contribution in [0.25, 0.3) is 5.52 Å². The lowest BCUT2D eigenvalue weighted by atomic mass is 10.1. The van der Waals surface area contributed by atoms with Gasteiger partial charge in [-0.2, -0.15) is 15.2 Å². The lowest BCUT2D eigenvalue weighted by molar-refractivity contribution is -0.119. The average molecular weight is 551 g/mol. The van der Waals surface area contributed by atoms with Gasteiger partial charge in [-0.1, -0.05) is 0 Å². The number of nitrogens with zero attached hydrogens (tertiary/aromatic N) is 8. The summed E-state index contributed by atoms with van der Waals surface area (Å²) >= 11 is 0. The van der Waals surface area contributed by atoms with E-state index in [4.69, 9.17) is 5.10 Å². The smallest absolute Gasteiger partial charge is 0.251 e. The van der Waals surface area contributed by atoms with Crippen LogP contribution in [-0.4, -0.2) is 53.1 Å². The fourth-order valence-electron chi connectivity index (χ4n) is 6.00. The summed E-state index contributed by atoms with van der Waals surface area (Å²) < 4.78 is 1.90. The SMILES string of the molecule is Cc1ccnc([C@H]2C[C@@H]2C(=O)Nc2nncc(N[C@@H](C)c3cc4cc(C5CC5)cc(N5CC6CC6C5=O)n4n3)n2)n1. The maximum absolute atomic E-state index is 12.9. The summed E-state index contributed by atoms with van der Waals surface area (Å²) in [5.41, 5.74) is 3.96. The van der Waals surface area contributed by atoms with Gasteiger partial charge in [-0.3, -0.25) is 19.8 Å². The van der Waals surface area contributed by atoms with Crippen molar-refractivity contribution in [3.8, 4) is 0 Å². The molecule has 4 aromatic rings. The molecule has 5 heterocycles. The lowest BCUT2D eigenvalue weighted by Crippen LogP contribution is -2.30. The van der Waals surface area contributed by atoms with Gasteiger partial charge in [0.25, 0.3) is 5.95 Å². The van der Waals surface area contributed by atoms with Crippen LogP contribution in [0.4, 0.5) is 17.6 Å². The van der Waals surface area contributed by atoms with Gasteiger partial charge >= 0.3 is 0 Å². The summed E-state index contributed by atoms with van der Waals surface area (Å²) in [7, 11) is 0. The molecule has 41 heavy (non-hydrogen) atoms. The number of amides is 2. The van der Waals surface area contributed by atoms with Crippen molar-refractivity contribution in [1.82, 2.24) is 34.8 Å². The molecule has 3 saturated carbocycles. The molecule has 2 unspecified atom stereocenters. The van der Waals surface area contributed by atoms with Crippen molar-refractivity contribution >= 4 is 34.9 Å². The van der Waals surface area contributed by atoms with Crippen molar-refractivity contribution in [3.05, 3.63) is 59.4 Å². The normalized spacial score (nSPS) is 25.2. The maximum Gasteiger partial charge on any atom is 0.251 e. The minimum absolute atomic E-state index is 0.00574. The first-order valence-corrected chi connectivity index (χ1v) is 14.3. The van der Waals surface area contributed by atoms with Crippen LogP contribution in [-0.2, 0) is 9.59 Å². The Labute approximate surface area is 236 Å². The van der Waals surface area contributed by atoms with Crippen molar-refractivity contribution in [1.29, 1.82) is 0 Å². The van der Waals surface area contributed by atoms with Crippen LogP contribution in [0.5, 0.6) is 0 Å². The highest BCUT2D eigenvalue weighted by atomic mass is 16.2. The molecular formula is C29H30N10O2. The average Bonchev–Trinajstić information content (AvgIpc) is 3.87. The number of fused-ring (bicyclic) bond motifs is 2. The number of rotatable bonds is 8. The second kappa shape index (κ2) is 9.02. The van der Waals surface area contributed by atoms with E-state index in [-0.39, 0.29) is 41.6 Å². The van der Waals surface area contributed by atoms with E-state index < -0.39 is 0 Å². The molecule has 3 aliphatic carbocycles. The first-order chi connectivity index (χ1) is 19.9. The van der Waals surface area contributed by atoms with E-state index in [2.05, 4.69) is 54.0 Å². The maximum atomic E-state index is 12.9. The first-order valence-electron chi connectivity index (χ1n) is 14.3. The number of carbonyl (C=O) groups is 2. The molecule has 0 spiro atoms. The second-order valence-electron chi connectivity index (χ2n) is 11.9. The zero-order valence-corrected chi connectivity index (χ0v) is 22.9. The molecule has 208 valence electrons. The topological polar surface area (TPSA) is 143 Å². The predicted octanol–water partition coefficient (Wildman–Crippen LogP) is 3.39. The second-order valence-corrected chi connectivity index (χ2v) is 11.9. The summed E-state index contributed by atoms with van der Waals surface area (Å²) in [6.45, 7) is 4.68. The number of nitrogens with one attached hydrogen (secondary N) is 2. The fourth-order valence-corrected chi connectivity index (χ4v) is 6.00. The summed E-state index contributed by atoms with van der Waals surface area (Å²) in [4.78, 5) is 40.9. The number of carbonyl (C=O) groups excluding carboxylic acids is 2. The number of hydrogen-bond donors (Lipinski definition) is 2. The van der Waals surface area contributed by atoms with Crippen LogP contribution in [0.1, 0.15) is 73.3 Å². The third-order valence-corrected chi connectivity index (χ3v) is 8.71. The third kappa shape index (κ3) is 4.47. The Hall–Kier alpha value is -4.48. The Balaban J connectivity index is 0.987. The lowest BCUT2D eigenvalue weighted by Gasteiger charge is -2.20. The van der Waals surface area contributed by atoms with Gasteiger partial charge in [-0.05, 0) is 81.2 Å². The van der Waals surface area contributed by atoms with E-state index in [0.29, 0.717) is 29.9 Å². The van der Waals surface area contributed by atoms with Crippen molar-refractivity contribution in [2.24, 2.45) is 17.8 Å². The molecule has 1 saturated heterocycles. The van der Waals surface area contributed by atoms with E-state index in [1.165, 1.54) is 24.6 Å². The van der Waals surface area contributed by atoms with Gasteiger partial charge in [-0.25, -0.2) is 14.5 Å². The summed E-state index contributed by atoms with van der Waals surface area (Å²) in [5.74, 6) is 3.26. The third-order valence-electron chi connectivity index (χ3n) is 8.71. The van der Waals surface area contributed by atoms with Gasteiger partial charge in [0.2, 0.25) is 11.8 Å². The molecule has 12 heteroatoms. The first kappa shape index (κ1) is 24.3. The van der Waals surface area contributed by atoms with E-state index in [0.717, 1.165) is 35.7 Å². The van der Waals surface area contributed by atoms with Crippen LogP contribution in [0.3, 0.4) is 0 Å². The monoisotopic (exact) mass is 550 g/mol. The fraction of sp³-hybridized carbons (Fsp3) is 0.448. The number of aryl methyl sites for hydroxylation is 1. The summed E-state index contributed by atoms with van der Waals surface area (Å²) in [6.07, 6.45) is 7.33. The molecule has 0 aromatic carbocycles. The molecule has 2 N–H and O–H groups in total. The number of pyridine rings is 1. The Morgan fingerprint density at radius 3 is 2.78 bits per heavy atom. The molecule has 2 amide bonds. The zero-order chi connectivity index (χ0) is 27.8. The Kier molecular flexibility index (Phi) is 5.35. The van der Waals surface area contributed by atoms with E-state index in [9.17, 15) is 9.59 Å². The Morgan fingerprint density at radius 1 is 1.12 bits per heavy atom. The summed E-state index contributed by atoms with van der Waals surface area (Å²) in [5, 5.41) is 19.1. The highest BCUT2D eigenvalue weighted by Crippen LogP contribution is 2.49. The van der Waals surface area contributed by atoms with E-state index in [1.54, 1.807) is 6.20 Å². The van der Waals surface area contributed by atoms with Gasteiger partial charge in [0.05, 0.1) is 23.4 Å². The quantitative estimate of drug-likeness (QED) is 0.337. The molecule has 12 nitrogen and oxygen atoms in total. The number of piperidine rings is 1. The van der Waals surface area contributed by atoms with Crippen molar-refractivity contribution < 1.29 is 9.59 Å². The molecule has 4 aliphatic rings. The van der Waals surface area contributed by atoms with Crippen LogP contribution in [0, 0.1) is 24.7 Å². The predicted molar refractivity (Wildman–Crippen MR) is 149 cm³/mol. The van der Waals surface area contributed by atoms with Gasteiger partial charge in [-0.15, -0.1) is 5.10 Å². The largest absolute Gasteiger partial charge is 0.360 e. The Morgan fingerprint density at radius 2 is 2.00 bits per heavy atom. The molecule has 4 fully saturated rings. The molecule has 1 aliphatic heterocycles. The van der Waals surface area contributed by atoms with Gasteiger partial charge in [0, 0.05) is 36.2 Å². The zero-order valence-electron chi connectivity index (χ0n) is 22.9. The minimum Gasteiger partial charge on any atom is -0.360 e. The van der Waals surface area contributed by atoms with E-state index in [1.807, 2.05) is 29.3 Å². The van der Waals surface area contributed by atoms with Crippen molar-refractivity contribution in [2.45, 2.75) is 57.4 Å². The van der Waals surface area contributed by atoms with Crippen molar-refractivity contribution in [2.75, 3.05) is 22.1 Å². The number of aromatic nitrogens is 7. The molecule has 0 bridgehead atoms. The highest BCUT2D eigenvalue weighted by molar-refractivity contribution is 5.99. The van der Waals surface area contributed by atoms with Crippen LogP contribution in [0.15, 0.2) is 36.7 Å². The van der Waals surface area contributed by atoms with Gasteiger partial charge in [0.1, 0.15) is 11.6 Å². The summed E-state index contributed by atoms with van der Waals surface area (Å²) in [6, 6.07) is 8.04.